The molecule has 1 amide bonds. The molecule has 7 heteroatoms. The number of carbonyl (C=O) groups excluding carboxylic acids is 1. The zero-order valence-electron chi connectivity index (χ0n) is 15.1. The quantitative estimate of drug-likeness (QED) is 0.371. The van der Waals surface area contributed by atoms with Crippen molar-refractivity contribution in [3.63, 3.8) is 0 Å². The summed E-state index contributed by atoms with van der Waals surface area (Å²) in [4.78, 5) is 28.0. The number of thiazole rings is 1. The molecule has 0 fully saturated rings. The van der Waals surface area contributed by atoms with Gasteiger partial charge in [0.2, 0.25) is 0 Å². The van der Waals surface area contributed by atoms with Crippen LogP contribution in [0.1, 0.15) is 20.9 Å². The second-order valence-electron chi connectivity index (χ2n) is 6.22. The summed E-state index contributed by atoms with van der Waals surface area (Å²) >= 11 is 1.44. The highest BCUT2D eigenvalue weighted by Crippen LogP contribution is 2.28. The number of rotatable bonds is 5. The first-order chi connectivity index (χ1) is 14.1. The molecule has 0 bridgehead atoms. The Morgan fingerprint density at radius 1 is 1.00 bits per heavy atom. The van der Waals surface area contributed by atoms with Crippen LogP contribution in [0.2, 0.25) is 0 Å². The van der Waals surface area contributed by atoms with Gasteiger partial charge in [-0.25, -0.2) is 4.98 Å². The Bertz CT molecular complexity index is 1200. The zero-order valence-corrected chi connectivity index (χ0v) is 15.9. The summed E-state index contributed by atoms with van der Waals surface area (Å²) in [5.41, 5.74) is 2.41. The Labute approximate surface area is 170 Å². The Kier molecular flexibility index (Phi) is 5.13. The molecule has 0 aliphatic rings. The molecule has 142 valence electrons. The van der Waals surface area contributed by atoms with Crippen LogP contribution in [0.3, 0.4) is 0 Å². The van der Waals surface area contributed by atoms with E-state index in [2.05, 4.69) is 10.3 Å². The molecule has 0 aliphatic carbocycles. The Balaban J connectivity index is 1.77. The smallest absolute Gasteiger partial charge is 0.270 e. The maximum absolute atomic E-state index is 12.7. The number of hydrogen-bond acceptors (Lipinski definition) is 5. The van der Waals surface area contributed by atoms with E-state index in [0.717, 1.165) is 10.2 Å². The average Bonchev–Trinajstić information content (AvgIpc) is 3.18. The van der Waals surface area contributed by atoms with Crippen LogP contribution in [0.4, 0.5) is 5.69 Å². The van der Waals surface area contributed by atoms with Gasteiger partial charge in [0.05, 0.1) is 20.8 Å². The number of nitro benzene ring substituents is 1. The first-order valence-corrected chi connectivity index (χ1v) is 9.60. The van der Waals surface area contributed by atoms with E-state index >= 15 is 0 Å². The van der Waals surface area contributed by atoms with Crippen LogP contribution >= 0.6 is 11.3 Å². The first-order valence-electron chi connectivity index (χ1n) is 8.79. The third-order valence-electron chi connectivity index (χ3n) is 4.20. The summed E-state index contributed by atoms with van der Waals surface area (Å²) in [7, 11) is 0. The second kappa shape index (κ2) is 8.04. The Morgan fingerprint density at radius 3 is 2.52 bits per heavy atom. The topological polar surface area (TPSA) is 85.1 Å². The van der Waals surface area contributed by atoms with Gasteiger partial charge in [-0.05, 0) is 35.9 Å². The molecule has 4 rings (SSSR count). The molecule has 0 unspecified atom stereocenters. The number of nitro groups is 1. The number of nitrogens with zero attached hydrogens (tertiary/aromatic N) is 2. The summed E-state index contributed by atoms with van der Waals surface area (Å²) in [5, 5.41) is 14.6. The van der Waals surface area contributed by atoms with Crippen molar-refractivity contribution in [2.45, 2.75) is 0 Å². The van der Waals surface area contributed by atoms with Crippen LogP contribution in [0, 0.1) is 10.1 Å². The van der Waals surface area contributed by atoms with Crippen molar-refractivity contribution in [3.8, 4) is 0 Å². The van der Waals surface area contributed by atoms with Crippen molar-refractivity contribution in [2.75, 3.05) is 0 Å². The van der Waals surface area contributed by atoms with E-state index in [9.17, 15) is 14.9 Å². The van der Waals surface area contributed by atoms with Gasteiger partial charge in [-0.1, -0.05) is 42.5 Å². The number of aromatic nitrogens is 1. The normalized spacial score (nSPS) is 11.4. The fraction of sp³-hybridized carbons (Fsp3) is 0. The lowest BCUT2D eigenvalue weighted by Gasteiger charge is -2.08. The summed E-state index contributed by atoms with van der Waals surface area (Å²) in [5.74, 6) is -0.276. The molecular formula is C22H15N3O3S. The largest absolute Gasteiger partial charge is 0.319 e. The van der Waals surface area contributed by atoms with Crippen molar-refractivity contribution < 1.29 is 9.72 Å². The van der Waals surface area contributed by atoms with E-state index in [1.807, 2.05) is 30.3 Å². The Hall–Kier alpha value is -3.84. The van der Waals surface area contributed by atoms with Crippen LogP contribution in [-0.2, 0) is 0 Å². The van der Waals surface area contributed by atoms with E-state index in [1.54, 1.807) is 42.5 Å². The molecule has 0 atom stereocenters. The van der Waals surface area contributed by atoms with Gasteiger partial charge in [0.25, 0.3) is 11.6 Å². The van der Waals surface area contributed by atoms with Gasteiger partial charge in [-0.3, -0.25) is 14.9 Å². The third kappa shape index (κ3) is 4.20. The van der Waals surface area contributed by atoms with Gasteiger partial charge in [-0.2, -0.15) is 0 Å². The highest BCUT2D eigenvalue weighted by Gasteiger charge is 2.14. The van der Waals surface area contributed by atoms with Crippen molar-refractivity contribution in [1.82, 2.24) is 10.3 Å². The highest BCUT2D eigenvalue weighted by atomic mass is 32.1. The zero-order chi connectivity index (χ0) is 20.2. The molecule has 0 saturated heterocycles. The molecule has 0 spiro atoms. The second-order valence-corrected chi connectivity index (χ2v) is 7.25. The summed E-state index contributed by atoms with van der Waals surface area (Å²) in [6.45, 7) is 0. The fourth-order valence-electron chi connectivity index (χ4n) is 2.82. The number of carbonyl (C=O) groups is 1. The molecule has 0 radical (unpaired) electrons. The minimum absolute atomic E-state index is 0.0169. The van der Waals surface area contributed by atoms with Gasteiger partial charge in [0.15, 0.2) is 0 Å². The molecule has 1 heterocycles. The molecule has 0 aliphatic heterocycles. The van der Waals surface area contributed by atoms with E-state index in [4.69, 9.17) is 0 Å². The lowest BCUT2D eigenvalue weighted by Crippen LogP contribution is -2.21. The molecule has 29 heavy (non-hydrogen) atoms. The molecule has 4 aromatic rings. The standard InChI is InChI=1S/C22H15N3O3S/c26-21(16-8-2-1-3-9-16)23-19(14-15-7-6-10-17(13-15)25(27)28)22-24-18-11-4-5-12-20(18)29-22/h1-14H,(H,23,26)/b19-14-. The van der Waals surface area contributed by atoms with Crippen LogP contribution in [-0.4, -0.2) is 15.8 Å². The van der Waals surface area contributed by atoms with Crippen LogP contribution in [0.15, 0.2) is 78.9 Å². The number of non-ortho nitro benzene ring substituents is 1. The number of nitrogens with one attached hydrogen (secondary N) is 1. The minimum Gasteiger partial charge on any atom is -0.319 e. The molecule has 6 nitrogen and oxygen atoms in total. The van der Waals surface area contributed by atoms with Gasteiger partial charge in [0, 0.05) is 17.7 Å². The monoisotopic (exact) mass is 401 g/mol. The van der Waals surface area contributed by atoms with Gasteiger partial charge < -0.3 is 5.32 Å². The van der Waals surface area contributed by atoms with E-state index in [0.29, 0.717) is 21.8 Å². The van der Waals surface area contributed by atoms with Crippen LogP contribution in [0.5, 0.6) is 0 Å². The van der Waals surface area contributed by atoms with Crippen molar-refractivity contribution in [2.24, 2.45) is 0 Å². The number of fused-ring (bicyclic) bond motifs is 1. The third-order valence-corrected chi connectivity index (χ3v) is 5.27. The van der Waals surface area contributed by atoms with Crippen LogP contribution < -0.4 is 5.32 Å². The average molecular weight is 401 g/mol. The fourth-order valence-corrected chi connectivity index (χ4v) is 3.75. The Morgan fingerprint density at radius 2 is 1.76 bits per heavy atom. The van der Waals surface area contributed by atoms with E-state index in [1.165, 1.54) is 23.5 Å². The number of amides is 1. The van der Waals surface area contributed by atoms with E-state index in [-0.39, 0.29) is 11.6 Å². The van der Waals surface area contributed by atoms with Gasteiger partial charge in [-0.15, -0.1) is 11.3 Å². The SMILES string of the molecule is O=C(N/C(=C\c1cccc([N+](=O)[O-])c1)c1nc2ccccc2s1)c1ccccc1. The predicted molar refractivity (Wildman–Crippen MR) is 114 cm³/mol. The number of benzene rings is 3. The van der Waals surface area contributed by atoms with Crippen LogP contribution in [0.25, 0.3) is 22.0 Å². The lowest BCUT2D eigenvalue weighted by atomic mass is 10.1. The van der Waals surface area contributed by atoms with E-state index < -0.39 is 4.92 Å². The van der Waals surface area contributed by atoms with Crippen molar-refractivity contribution in [3.05, 3.63) is 105 Å². The number of hydrogen-bond donors (Lipinski definition) is 1. The summed E-state index contributed by atoms with van der Waals surface area (Å²) < 4.78 is 0.987. The van der Waals surface area contributed by atoms with Crippen molar-refractivity contribution in [1.29, 1.82) is 0 Å². The predicted octanol–water partition coefficient (Wildman–Crippen LogP) is 5.13. The molecule has 1 aromatic heterocycles. The molecule has 3 aromatic carbocycles. The number of para-hydroxylation sites is 1. The van der Waals surface area contributed by atoms with Gasteiger partial charge in [0.1, 0.15) is 5.01 Å². The lowest BCUT2D eigenvalue weighted by molar-refractivity contribution is -0.384. The molecule has 1 N–H and O–H groups in total. The minimum atomic E-state index is -0.447. The first kappa shape index (κ1) is 18.5. The molecule has 0 saturated carbocycles. The molecular weight excluding hydrogens is 386 g/mol. The highest BCUT2D eigenvalue weighted by molar-refractivity contribution is 7.19. The maximum atomic E-state index is 12.7. The van der Waals surface area contributed by atoms with Gasteiger partial charge >= 0.3 is 0 Å². The maximum Gasteiger partial charge on any atom is 0.270 e. The summed E-state index contributed by atoms with van der Waals surface area (Å²) in [6, 6.07) is 22.8. The summed E-state index contributed by atoms with van der Waals surface area (Å²) in [6.07, 6.45) is 1.70. The van der Waals surface area contributed by atoms with Crippen molar-refractivity contribution >= 4 is 44.9 Å².